The quantitative estimate of drug-likeness (QED) is 0.766. The molecule has 2 aromatic rings. The maximum absolute atomic E-state index is 12.1. The van der Waals surface area contributed by atoms with Crippen molar-refractivity contribution in [2.75, 3.05) is 5.32 Å². The summed E-state index contributed by atoms with van der Waals surface area (Å²) in [5.41, 5.74) is 6.55. The highest BCUT2D eigenvalue weighted by molar-refractivity contribution is 5.97. The lowest BCUT2D eigenvalue weighted by molar-refractivity contribution is -0.127. The highest BCUT2D eigenvalue weighted by Crippen LogP contribution is 2.10. The zero-order valence-corrected chi connectivity index (χ0v) is 12.4. The predicted molar refractivity (Wildman–Crippen MR) is 80.8 cm³/mol. The van der Waals surface area contributed by atoms with Crippen molar-refractivity contribution in [3.05, 3.63) is 47.7 Å². The molecule has 0 radical (unpaired) electrons. The molecule has 2 atom stereocenters. The van der Waals surface area contributed by atoms with Crippen molar-refractivity contribution < 1.29 is 14.1 Å². The third-order valence-electron chi connectivity index (χ3n) is 3.07. The van der Waals surface area contributed by atoms with Crippen LogP contribution in [0.15, 0.2) is 40.9 Å². The first-order valence-corrected chi connectivity index (χ1v) is 6.82. The van der Waals surface area contributed by atoms with Gasteiger partial charge in [0.05, 0.1) is 0 Å². The van der Waals surface area contributed by atoms with E-state index >= 15 is 0 Å². The second kappa shape index (κ2) is 6.86. The van der Waals surface area contributed by atoms with Gasteiger partial charge in [0.25, 0.3) is 0 Å². The van der Waals surface area contributed by atoms with Crippen LogP contribution in [0.4, 0.5) is 5.82 Å². The number of amides is 2. The van der Waals surface area contributed by atoms with E-state index in [4.69, 9.17) is 10.3 Å². The van der Waals surface area contributed by atoms with Gasteiger partial charge in [-0.1, -0.05) is 35.5 Å². The number of benzene rings is 1. The number of nitrogens with one attached hydrogen (secondary N) is 2. The van der Waals surface area contributed by atoms with Crippen molar-refractivity contribution in [2.24, 2.45) is 5.73 Å². The number of carbonyl (C=O) groups excluding carboxylic acids is 2. The fourth-order valence-electron chi connectivity index (χ4n) is 1.84. The van der Waals surface area contributed by atoms with Gasteiger partial charge in [-0.25, -0.2) is 0 Å². The molecule has 1 heterocycles. The number of carbonyl (C=O) groups is 2. The van der Waals surface area contributed by atoms with Crippen LogP contribution in [0, 0.1) is 6.92 Å². The summed E-state index contributed by atoms with van der Waals surface area (Å²) in [6, 6.07) is 8.95. The molecule has 0 spiro atoms. The molecule has 0 saturated carbocycles. The number of anilines is 1. The number of nitrogens with zero attached hydrogens (tertiary/aromatic N) is 1. The zero-order chi connectivity index (χ0) is 16.1. The monoisotopic (exact) mass is 302 g/mol. The lowest BCUT2D eigenvalue weighted by Crippen LogP contribution is -2.45. The highest BCUT2D eigenvalue weighted by Gasteiger charge is 2.21. The fourth-order valence-corrected chi connectivity index (χ4v) is 1.84. The number of aromatic nitrogens is 1. The topological polar surface area (TPSA) is 110 Å². The SMILES string of the molecule is Cc1cc(NC(=O)[C@H](C)NC(=O)[C@@H](N)c2ccccc2)no1. The van der Waals surface area contributed by atoms with Crippen molar-refractivity contribution in [1.29, 1.82) is 0 Å². The van der Waals surface area contributed by atoms with E-state index in [1.54, 1.807) is 44.2 Å². The van der Waals surface area contributed by atoms with Crippen molar-refractivity contribution in [2.45, 2.75) is 25.9 Å². The summed E-state index contributed by atoms with van der Waals surface area (Å²) in [6.07, 6.45) is 0. The second-order valence-corrected chi connectivity index (χ2v) is 4.93. The van der Waals surface area contributed by atoms with E-state index in [2.05, 4.69) is 15.8 Å². The summed E-state index contributed by atoms with van der Waals surface area (Å²) < 4.78 is 4.85. The van der Waals surface area contributed by atoms with Gasteiger partial charge in [-0.05, 0) is 19.4 Å². The maximum atomic E-state index is 12.1. The van der Waals surface area contributed by atoms with Crippen molar-refractivity contribution in [3.8, 4) is 0 Å². The molecule has 0 saturated heterocycles. The average Bonchev–Trinajstić information content (AvgIpc) is 2.92. The normalized spacial score (nSPS) is 13.2. The maximum Gasteiger partial charge on any atom is 0.247 e. The van der Waals surface area contributed by atoms with E-state index in [-0.39, 0.29) is 0 Å². The Morgan fingerprint density at radius 3 is 2.50 bits per heavy atom. The van der Waals surface area contributed by atoms with Gasteiger partial charge >= 0.3 is 0 Å². The van der Waals surface area contributed by atoms with E-state index in [9.17, 15) is 9.59 Å². The third kappa shape index (κ3) is 3.92. The summed E-state index contributed by atoms with van der Waals surface area (Å²) in [5, 5.41) is 8.77. The molecule has 0 bridgehead atoms. The van der Waals surface area contributed by atoms with E-state index in [1.165, 1.54) is 0 Å². The first-order chi connectivity index (χ1) is 10.5. The van der Waals surface area contributed by atoms with Crippen LogP contribution >= 0.6 is 0 Å². The molecule has 22 heavy (non-hydrogen) atoms. The van der Waals surface area contributed by atoms with E-state index in [0.717, 1.165) is 0 Å². The number of aryl methyl sites for hydroxylation is 1. The van der Waals surface area contributed by atoms with Crippen LogP contribution in [0.3, 0.4) is 0 Å². The second-order valence-electron chi connectivity index (χ2n) is 4.93. The first-order valence-electron chi connectivity index (χ1n) is 6.82. The summed E-state index contributed by atoms with van der Waals surface area (Å²) >= 11 is 0. The minimum absolute atomic E-state index is 0.302. The van der Waals surface area contributed by atoms with Crippen LogP contribution in [0.1, 0.15) is 24.3 Å². The average molecular weight is 302 g/mol. The molecular weight excluding hydrogens is 284 g/mol. The molecular formula is C15H18N4O3. The molecule has 0 aliphatic carbocycles. The Bertz CT molecular complexity index is 654. The number of rotatable bonds is 5. The summed E-state index contributed by atoms with van der Waals surface area (Å²) in [4.78, 5) is 24.0. The number of hydrogen-bond donors (Lipinski definition) is 3. The Morgan fingerprint density at radius 2 is 1.91 bits per heavy atom. The Labute approximate surface area is 127 Å². The Morgan fingerprint density at radius 1 is 1.23 bits per heavy atom. The lowest BCUT2D eigenvalue weighted by atomic mass is 10.1. The van der Waals surface area contributed by atoms with Crippen LogP contribution in [0.5, 0.6) is 0 Å². The third-order valence-corrected chi connectivity index (χ3v) is 3.07. The molecule has 0 fully saturated rings. The van der Waals surface area contributed by atoms with E-state index in [0.29, 0.717) is 17.1 Å². The molecule has 0 unspecified atom stereocenters. The van der Waals surface area contributed by atoms with Gasteiger partial charge in [0, 0.05) is 6.07 Å². The van der Waals surface area contributed by atoms with E-state index < -0.39 is 23.9 Å². The van der Waals surface area contributed by atoms with Crippen molar-refractivity contribution >= 4 is 17.6 Å². The summed E-state index contributed by atoms with van der Waals surface area (Å²) in [7, 11) is 0. The van der Waals surface area contributed by atoms with Gasteiger partial charge in [0.15, 0.2) is 5.82 Å². The number of hydrogen-bond acceptors (Lipinski definition) is 5. The lowest BCUT2D eigenvalue weighted by Gasteiger charge is -2.17. The van der Waals surface area contributed by atoms with Crippen LogP contribution < -0.4 is 16.4 Å². The van der Waals surface area contributed by atoms with Gasteiger partial charge in [-0.2, -0.15) is 0 Å². The fraction of sp³-hybridized carbons (Fsp3) is 0.267. The molecule has 7 heteroatoms. The Kier molecular flexibility index (Phi) is 4.90. The molecule has 1 aromatic heterocycles. The van der Waals surface area contributed by atoms with Gasteiger partial charge in [0.2, 0.25) is 11.8 Å². The van der Waals surface area contributed by atoms with Gasteiger partial charge in [0.1, 0.15) is 17.8 Å². The van der Waals surface area contributed by atoms with Crippen LogP contribution in [0.2, 0.25) is 0 Å². The first kappa shape index (κ1) is 15.7. The Balaban J connectivity index is 1.91. The van der Waals surface area contributed by atoms with Crippen LogP contribution in [0.25, 0.3) is 0 Å². The number of nitrogens with two attached hydrogens (primary N) is 1. The molecule has 2 amide bonds. The zero-order valence-electron chi connectivity index (χ0n) is 12.4. The minimum Gasteiger partial charge on any atom is -0.360 e. The molecule has 0 aliphatic rings. The molecule has 0 aliphatic heterocycles. The Hall–Kier alpha value is -2.67. The van der Waals surface area contributed by atoms with Gasteiger partial charge in [-0.3, -0.25) is 9.59 Å². The van der Waals surface area contributed by atoms with Crippen LogP contribution in [-0.4, -0.2) is 23.0 Å². The summed E-state index contributed by atoms with van der Waals surface area (Å²) in [5.74, 6) is 0.0566. The highest BCUT2D eigenvalue weighted by atomic mass is 16.5. The predicted octanol–water partition coefficient (Wildman–Crippen LogP) is 1.13. The van der Waals surface area contributed by atoms with Gasteiger partial charge in [-0.15, -0.1) is 0 Å². The summed E-state index contributed by atoms with van der Waals surface area (Å²) in [6.45, 7) is 3.28. The largest absolute Gasteiger partial charge is 0.360 e. The molecule has 7 nitrogen and oxygen atoms in total. The van der Waals surface area contributed by atoms with Gasteiger partial charge < -0.3 is 20.9 Å². The standard InChI is InChI=1S/C15H18N4O3/c1-9-8-12(19-22-9)18-14(20)10(2)17-15(21)13(16)11-6-4-3-5-7-11/h3-8,10,13H,16H2,1-2H3,(H,17,21)(H,18,19,20)/t10-,13-/m0/s1. The smallest absolute Gasteiger partial charge is 0.247 e. The van der Waals surface area contributed by atoms with Crippen LogP contribution in [-0.2, 0) is 9.59 Å². The van der Waals surface area contributed by atoms with Crippen molar-refractivity contribution in [1.82, 2.24) is 10.5 Å². The molecule has 4 N–H and O–H groups in total. The minimum atomic E-state index is -0.828. The molecule has 1 aromatic carbocycles. The molecule has 2 rings (SSSR count). The van der Waals surface area contributed by atoms with E-state index in [1.807, 2.05) is 6.07 Å². The molecule has 116 valence electrons. The van der Waals surface area contributed by atoms with Crippen molar-refractivity contribution in [3.63, 3.8) is 0 Å².